The van der Waals surface area contributed by atoms with E-state index in [0.717, 1.165) is 11.3 Å². The molecule has 1 atom stereocenters. The maximum atomic E-state index is 12.0. The highest BCUT2D eigenvalue weighted by Crippen LogP contribution is 2.12. The Hall–Kier alpha value is -3.02. The average Bonchev–Trinajstić information content (AvgIpc) is 2.62. The number of phenolic OH excluding ortho intramolecular Hbond substituents is 1. The second-order valence-corrected chi connectivity index (χ2v) is 5.54. The Morgan fingerprint density at radius 3 is 2.24 bits per heavy atom. The van der Waals surface area contributed by atoms with Crippen LogP contribution in [0.3, 0.4) is 0 Å². The van der Waals surface area contributed by atoms with E-state index in [4.69, 9.17) is 9.47 Å². The van der Waals surface area contributed by atoms with Gasteiger partial charge in [-0.2, -0.15) is 0 Å². The Bertz CT molecular complexity index is 710. The first kappa shape index (κ1) is 18.3. The van der Waals surface area contributed by atoms with E-state index in [1.54, 1.807) is 19.2 Å². The summed E-state index contributed by atoms with van der Waals surface area (Å²) in [5, 5.41) is 11.9. The molecule has 0 bridgehead atoms. The molecule has 0 aliphatic rings. The van der Waals surface area contributed by atoms with Gasteiger partial charge in [0.1, 0.15) is 11.5 Å². The number of nitrogens with one attached hydrogen (secondary N) is 1. The summed E-state index contributed by atoms with van der Waals surface area (Å²) in [6.45, 7) is 1.86. The number of carbonyl (C=O) groups is 2. The van der Waals surface area contributed by atoms with Crippen LogP contribution in [0.25, 0.3) is 0 Å². The van der Waals surface area contributed by atoms with Gasteiger partial charge in [0.15, 0.2) is 6.10 Å². The minimum absolute atomic E-state index is 0.0381. The summed E-state index contributed by atoms with van der Waals surface area (Å²) in [6.07, 6.45) is -0.848. The van der Waals surface area contributed by atoms with Crippen molar-refractivity contribution in [2.45, 2.75) is 26.0 Å². The smallest absolute Gasteiger partial charge is 0.311 e. The van der Waals surface area contributed by atoms with Gasteiger partial charge in [0, 0.05) is 6.54 Å². The SMILES string of the molecule is COc1ccc(CNC(=O)[C@@H](C)OC(=O)Cc2ccc(O)cc2)cc1. The largest absolute Gasteiger partial charge is 0.508 e. The maximum absolute atomic E-state index is 12.0. The fraction of sp³-hybridized carbons (Fsp3) is 0.263. The Morgan fingerprint density at radius 2 is 1.64 bits per heavy atom. The second-order valence-electron chi connectivity index (χ2n) is 5.54. The summed E-state index contributed by atoms with van der Waals surface area (Å²) < 4.78 is 10.2. The fourth-order valence-electron chi connectivity index (χ4n) is 2.15. The van der Waals surface area contributed by atoms with Gasteiger partial charge < -0.3 is 19.9 Å². The Balaban J connectivity index is 1.78. The zero-order chi connectivity index (χ0) is 18.2. The third-order valence-corrected chi connectivity index (χ3v) is 3.59. The van der Waals surface area contributed by atoms with Gasteiger partial charge in [-0.05, 0) is 42.3 Å². The summed E-state index contributed by atoms with van der Waals surface area (Å²) in [4.78, 5) is 23.9. The zero-order valence-electron chi connectivity index (χ0n) is 14.2. The van der Waals surface area contributed by atoms with Crippen LogP contribution in [-0.4, -0.2) is 30.2 Å². The molecule has 2 aromatic rings. The highest BCUT2D eigenvalue weighted by Gasteiger charge is 2.17. The number of carbonyl (C=O) groups excluding carboxylic acids is 2. The standard InChI is InChI=1S/C19H21NO5/c1-13(25-18(22)11-14-3-7-16(21)8-4-14)19(23)20-12-15-5-9-17(24-2)10-6-15/h3-10,13,21H,11-12H2,1-2H3,(H,20,23)/t13-/m1/s1. The number of hydrogen-bond acceptors (Lipinski definition) is 5. The molecular weight excluding hydrogens is 322 g/mol. The molecule has 0 aromatic heterocycles. The molecule has 0 spiro atoms. The molecule has 2 N–H and O–H groups in total. The quantitative estimate of drug-likeness (QED) is 0.753. The molecule has 25 heavy (non-hydrogen) atoms. The van der Waals surface area contributed by atoms with Crippen molar-refractivity contribution in [1.82, 2.24) is 5.32 Å². The van der Waals surface area contributed by atoms with Crippen molar-refractivity contribution in [3.63, 3.8) is 0 Å². The van der Waals surface area contributed by atoms with E-state index in [1.165, 1.54) is 19.1 Å². The lowest BCUT2D eigenvalue weighted by Crippen LogP contribution is -2.35. The van der Waals surface area contributed by atoms with Crippen molar-refractivity contribution in [2.24, 2.45) is 0 Å². The summed E-state index contributed by atoms with van der Waals surface area (Å²) in [6, 6.07) is 13.6. The Kier molecular flexibility index (Phi) is 6.39. The molecule has 0 aliphatic heterocycles. The third-order valence-electron chi connectivity index (χ3n) is 3.59. The molecule has 0 saturated carbocycles. The minimum Gasteiger partial charge on any atom is -0.508 e. The second kappa shape index (κ2) is 8.73. The van der Waals surface area contributed by atoms with E-state index >= 15 is 0 Å². The molecule has 0 aliphatic carbocycles. The molecule has 1 amide bonds. The summed E-state index contributed by atoms with van der Waals surface area (Å²) in [5.41, 5.74) is 1.62. The summed E-state index contributed by atoms with van der Waals surface area (Å²) in [7, 11) is 1.59. The van der Waals surface area contributed by atoms with Crippen molar-refractivity contribution < 1.29 is 24.2 Å². The van der Waals surface area contributed by atoms with Gasteiger partial charge in [0.05, 0.1) is 13.5 Å². The van der Waals surface area contributed by atoms with E-state index in [-0.39, 0.29) is 18.1 Å². The maximum Gasteiger partial charge on any atom is 0.311 e. The highest BCUT2D eigenvalue weighted by atomic mass is 16.5. The van der Waals surface area contributed by atoms with Crippen LogP contribution in [0, 0.1) is 0 Å². The fourth-order valence-corrected chi connectivity index (χ4v) is 2.15. The number of benzene rings is 2. The molecule has 2 aromatic carbocycles. The van der Waals surface area contributed by atoms with Gasteiger partial charge in [0.25, 0.3) is 5.91 Å². The van der Waals surface area contributed by atoms with Gasteiger partial charge >= 0.3 is 5.97 Å². The van der Waals surface area contributed by atoms with Crippen molar-refractivity contribution in [2.75, 3.05) is 7.11 Å². The minimum atomic E-state index is -0.886. The van der Waals surface area contributed by atoms with E-state index in [1.807, 2.05) is 24.3 Å². The molecule has 0 saturated heterocycles. The molecule has 6 nitrogen and oxygen atoms in total. The van der Waals surface area contributed by atoms with Crippen LogP contribution in [0.5, 0.6) is 11.5 Å². The van der Waals surface area contributed by atoms with E-state index in [0.29, 0.717) is 12.1 Å². The van der Waals surface area contributed by atoms with Gasteiger partial charge in [-0.3, -0.25) is 9.59 Å². The molecule has 0 radical (unpaired) electrons. The van der Waals surface area contributed by atoms with E-state index < -0.39 is 12.1 Å². The van der Waals surface area contributed by atoms with Crippen LogP contribution in [0.4, 0.5) is 0 Å². The first-order valence-corrected chi connectivity index (χ1v) is 7.86. The van der Waals surface area contributed by atoms with Crippen LogP contribution in [0.2, 0.25) is 0 Å². The third kappa shape index (κ3) is 5.84. The molecule has 6 heteroatoms. The Morgan fingerprint density at radius 1 is 1.04 bits per heavy atom. The highest BCUT2D eigenvalue weighted by molar-refractivity contribution is 5.83. The topological polar surface area (TPSA) is 84.9 Å². The number of aromatic hydroxyl groups is 1. The molecule has 0 fully saturated rings. The van der Waals surface area contributed by atoms with Gasteiger partial charge in [-0.1, -0.05) is 24.3 Å². The van der Waals surface area contributed by atoms with Crippen molar-refractivity contribution in [1.29, 1.82) is 0 Å². The predicted molar refractivity (Wildman–Crippen MR) is 92.2 cm³/mol. The first-order valence-electron chi connectivity index (χ1n) is 7.86. The van der Waals surface area contributed by atoms with Crippen LogP contribution in [-0.2, 0) is 27.3 Å². The number of amides is 1. The molecule has 2 rings (SSSR count). The number of methoxy groups -OCH3 is 1. The number of rotatable bonds is 7. The van der Waals surface area contributed by atoms with Gasteiger partial charge in [-0.15, -0.1) is 0 Å². The van der Waals surface area contributed by atoms with Crippen molar-refractivity contribution in [3.8, 4) is 11.5 Å². The molecule has 0 heterocycles. The number of phenols is 1. The normalized spacial score (nSPS) is 11.4. The molecular formula is C19H21NO5. The van der Waals surface area contributed by atoms with E-state index in [2.05, 4.69) is 5.32 Å². The lowest BCUT2D eigenvalue weighted by Gasteiger charge is -2.14. The van der Waals surface area contributed by atoms with Gasteiger partial charge in [-0.25, -0.2) is 0 Å². The van der Waals surface area contributed by atoms with E-state index in [9.17, 15) is 14.7 Å². The molecule has 132 valence electrons. The lowest BCUT2D eigenvalue weighted by molar-refractivity contribution is -0.154. The summed E-state index contributed by atoms with van der Waals surface area (Å²) in [5.74, 6) is 0.00246. The van der Waals surface area contributed by atoms with Crippen LogP contribution in [0.15, 0.2) is 48.5 Å². The number of hydrogen-bond donors (Lipinski definition) is 2. The van der Waals surface area contributed by atoms with Gasteiger partial charge in [0.2, 0.25) is 0 Å². The Labute approximate surface area is 146 Å². The van der Waals surface area contributed by atoms with Crippen LogP contribution >= 0.6 is 0 Å². The average molecular weight is 343 g/mol. The summed E-state index contributed by atoms with van der Waals surface area (Å²) >= 11 is 0. The predicted octanol–water partition coefficient (Wildman–Crippen LogP) is 2.19. The zero-order valence-corrected chi connectivity index (χ0v) is 14.2. The van der Waals surface area contributed by atoms with Crippen LogP contribution < -0.4 is 10.1 Å². The monoisotopic (exact) mass is 343 g/mol. The van der Waals surface area contributed by atoms with Crippen LogP contribution in [0.1, 0.15) is 18.1 Å². The number of esters is 1. The number of ether oxygens (including phenoxy) is 2. The molecule has 0 unspecified atom stereocenters. The lowest BCUT2D eigenvalue weighted by atomic mass is 10.1. The first-order chi connectivity index (χ1) is 12.0. The van der Waals surface area contributed by atoms with Crippen molar-refractivity contribution in [3.05, 3.63) is 59.7 Å². The van der Waals surface area contributed by atoms with Crippen molar-refractivity contribution >= 4 is 11.9 Å².